The van der Waals surface area contributed by atoms with Crippen molar-refractivity contribution < 1.29 is 9.90 Å². The molecule has 0 bridgehead atoms. The highest BCUT2D eigenvalue weighted by atomic mass is 16.4. The molecular formula is C10H10N4O2. The molecule has 0 saturated heterocycles. The second-order valence-electron chi connectivity index (χ2n) is 3.27. The van der Waals surface area contributed by atoms with Crippen LogP contribution in [0, 0.1) is 6.92 Å². The Balaban J connectivity index is 2.26. The lowest BCUT2D eigenvalue weighted by Crippen LogP contribution is -2.08. The Labute approximate surface area is 91.6 Å². The van der Waals surface area contributed by atoms with E-state index in [1.54, 1.807) is 30.1 Å². The summed E-state index contributed by atoms with van der Waals surface area (Å²) in [5.41, 5.74) is 0.802. The van der Waals surface area contributed by atoms with Gasteiger partial charge in [0.05, 0.1) is 11.9 Å². The van der Waals surface area contributed by atoms with Gasteiger partial charge in [0.25, 0.3) is 0 Å². The summed E-state index contributed by atoms with van der Waals surface area (Å²) in [6, 6.07) is 1.72. The van der Waals surface area contributed by atoms with E-state index < -0.39 is 5.97 Å². The van der Waals surface area contributed by atoms with Crippen LogP contribution in [0.1, 0.15) is 21.9 Å². The minimum atomic E-state index is -0.974. The van der Waals surface area contributed by atoms with Crippen molar-refractivity contribution in [3.8, 4) is 0 Å². The van der Waals surface area contributed by atoms with Gasteiger partial charge in [0, 0.05) is 12.4 Å². The van der Waals surface area contributed by atoms with E-state index in [1.807, 2.05) is 0 Å². The van der Waals surface area contributed by atoms with Gasteiger partial charge >= 0.3 is 5.97 Å². The molecule has 0 aromatic carbocycles. The first-order valence-electron chi connectivity index (χ1n) is 4.70. The molecule has 0 unspecified atom stereocenters. The molecule has 0 aliphatic rings. The molecule has 0 amide bonds. The van der Waals surface area contributed by atoms with E-state index in [1.165, 1.54) is 6.20 Å². The van der Waals surface area contributed by atoms with Gasteiger partial charge in [-0.3, -0.25) is 4.68 Å². The predicted molar refractivity (Wildman–Crippen MR) is 55.1 cm³/mol. The van der Waals surface area contributed by atoms with Crippen molar-refractivity contribution in [3.05, 3.63) is 41.7 Å². The van der Waals surface area contributed by atoms with Crippen LogP contribution in [0.5, 0.6) is 0 Å². The highest BCUT2D eigenvalue weighted by molar-refractivity contribution is 5.88. The number of hydrogen-bond acceptors (Lipinski definition) is 4. The largest absolute Gasteiger partial charge is 0.478 e. The maximum atomic E-state index is 10.8. The van der Waals surface area contributed by atoms with Crippen LogP contribution in [0.3, 0.4) is 0 Å². The molecule has 0 fully saturated rings. The number of aromatic nitrogens is 4. The predicted octanol–water partition coefficient (Wildman–Crippen LogP) is 0.728. The monoisotopic (exact) mass is 218 g/mol. The Morgan fingerprint density at radius 2 is 2.12 bits per heavy atom. The van der Waals surface area contributed by atoms with Gasteiger partial charge in [0.2, 0.25) is 0 Å². The normalized spacial score (nSPS) is 10.3. The molecule has 1 N–H and O–H groups in total. The summed E-state index contributed by atoms with van der Waals surface area (Å²) in [4.78, 5) is 18.9. The van der Waals surface area contributed by atoms with Crippen LogP contribution >= 0.6 is 0 Å². The summed E-state index contributed by atoms with van der Waals surface area (Å²) in [5, 5.41) is 12.8. The fourth-order valence-corrected chi connectivity index (χ4v) is 1.36. The van der Waals surface area contributed by atoms with Crippen molar-refractivity contribution in [2.24, 2.45) is 0 Å². The van der Waals surface area contributed by atoms with Gasteiger partial charge < -0.3 is 5.11 Å². The molecule has 0 aliphatic carbocycles. The topological polar surface area (TPSA) is 80.9 Å². The lowest BCUT2D eigenvalue weighted by Gasteiger charge is -2.02. The van der Waals surface area contributed by atoms with Crippen molar-refractivity contribution in [2.75, 3.05) is 0 Å². The van der Waals surface area contributed by atoms with Crippen LogP contribution in [0.4, 0.5) is 0 Å². The Kier molecular flexibility index (Phi) is 2.63. The molecule has 2 aromatic rings. The first kappa shape index (κ1) is 10.3. The molecule has 82 valence electrons. The number of carboxylic acid groups (broad SMARTS) is 1. The quantitative estimate of drug-likeness (QED) is 0.821. The van der Waals surface area contributed by atoms with E-state index >= 15 is 0 Å². The lowest BCUT2D eigenvalue weighted by atomic mass is 10.3. The van der Waals surface area contributed by atoms with Gasteiger partial charge in [-0.1, -0.05) is 0 Å². The third-order valence-electron chi connectivity index (χ3n) is 2.24. The summed E-state index contributed by atoms with van der Waals surface area (Å²) in [5.74, 6) is -0.372. The maximum Gasteiger partial charge on any atom is 0.339 e. The zero-order valence-electron chi connectivity index (χ0n) is 8.66. The number of nitrogens with zero attached hydrogens (tertiary/aromatic N) is 4. The highest BCUT2D eigenvalue weighted by Crippen LogP contribution is 2.07. The van der Waals surface area contributed by atoms with E-state index in [0.717, 1.165) is 0 Å². The second-order valence-corrected chi connectivity index (χ2v) is 3.27. The first-order valence-corrected chi connectivity index (χ1v) is 4.70. The zero-order chi connectivity index (χ0) is 11.5. The molecule has 0 radical (unpaired) electrons. The van der Waals surface area contributed by atoms with Gasteiger partial charge in [0.15, 0.2) is 0 Å². The number of rotatable bonds is 3. The van der Waals surface area contributed by atoms with Crippen LogP contribution in [-0.2, 0) is 6.54 Å². The van der Waals surface area contributed by atoms with Crippen LogP contribution in [-0.4, -0.2) is 30.8 Å². The van der Waals surface area contributed by atoms with E-state index in [0.29, 0.717) is 18.1 Å². The van der Waals surface area contributed by atoms with Crippen LogP contribution in [0.15, 0.2) is 24.7 Å². The summed E-state index contributed by atoms with van der Waals surface area (Å²) in [6.45, 7) is 2.08. The third kappa shape index (κ3) is 1.90. The molecule has 0 aliphatic heterocycles. The van der Waals surface area contributed by atoms with Gasteiger partial charge in [0.1, 0.15) is 17.9 Å². The fraction of sp³-hybridized carbons (Fsp3) is 0.200. The molecule has 2 aromatic heterocycles. The lowest BCUT2D eigenvalue weighted by molar-refractivity contribution is 0.0696. The van der Waals surface area contributed by atoms with Crippen molar-refractivity contribution in [2.45, 2.75) is 13.5 Å². The molecule has 2 rings (SSSR count). The molecule has 6 heteroatoms. The SMILES string of the molecule is Cc1c(C(=O)O)cnn1Cc1ncccn1. The van der Waals surface area contributed by atoms with Gasteiger partial charge in [-0.25, -0.2) is 14.8 Å². The van der Waals surface area contributed by atoms with Crippen LogP contribution in [0.25, 0.3) is 0 Å². The molecule has 2 heterocycles. The summed E-state index contributed by atoms with van der Waals surface area (Å²) in [6.07, 6.45) is 4.61. The molecule has 0 spiro atoms. The highest BCUT2D eigenvalue weighted by Gasteiger charge is 2.13. The molecular weight excluding hydrogens is 208 g/mol. The summed E-state index contributed by atoms with van der Waals surface area (Å²) in [7, 11) is 0. The minimum absolute atomic E-state index is 0.205. The maximum absolute atomic E-state index is 10.8. The minimum Gasteiger partial charge on any atom is -0.478 e. The number of aromatic carboxylic acids is 1. The van der Waals surface area contributed by atoms with Crippen LogP contribution in [0.2, 0.25) is 0 Å². The first-order chi connectivity index (χ1) is 7.68. The standard InChI is InChI=1S/C10H10N4O2/c1-7-8(10(15)16)5-13-14(7)6-9-11-3-2-4-12-9/h2-5H,6H2,1H3,(H,15,16). The number of hydrogen-bond donors (Lipinski definition) is 1. The summed E-state index contributed by atoms with van der Waals surface area (Å²) >= 11 is 0. The average Bonchev–Trinajstić information content (AvgIpc) is 2.62. The van der Waals surface area contributed by atoms with E-state index in [4.69, 9.17) is 5.11 Å². The number of carboxylic acids is 1. The van der Waals surface area contributed by atoms with Crippen LogP contribution < -0.4 is 0 Å². The van der Waals surface area contributed by atoms with Gasteiger partial charge in [-0.2, -0.15) is 5.10 Å². The Hall–Kier alpha value is -2.24. The second kappa shape index (κ2) is 4.09. The molecule has 6 nitrogen and oxygen atoms in total. The van der Waals surface area contributed by atoms with E-state index in [2.05, 4.69) is 15.1 Å². The van der Waals surface area contributed by atoms with Gasteiger partial charge in [-0.15, -0.1) is 0 Å². The van der Waals surface area contributed by atoms with Crippen molar-refractivity contribution in [3.63, 3.8) is 0 Å². The third-order valence-corrected chi connectivity index (χ3v) is 2.24. The van der Waals surface area contributed by atoms with Crippen molar-refractivity contribution in [1.29, 1.82) is 0 Å². The molecule has 0 saturated carbocycles. The zero-order valence-corrected chi connectivity index (χ0v) is 8.66. The van der Waals surface area contributed by atoms with Crippen molar-refractivity contribution in [1.82, 2.24) is 19.7 Å². The van der Waals surface area contributed by atoms with Crippen molar-refractivity contribution >= 4 is 5.97 Å². The Morgan fingerprint density at radius 3 is 2.69 bits per heavy atom. The van der Waals surface area contributed by atoms with E-state index in [-0.39, 0.29) is 5.56 Å². The molecule has 0 atom stereocenters. The number of carbonyl (C=O) groups is 1. The fourth-order valence-electron chi connectivity index (χ4n) is 1.36. The Bertz CT molecular complexity index is 507. The summed E-state index contributed by atoms with van der Waals surface area (Å²) < 4.78 is 1.57. The molecule has 16 heavy (non-hydrogen) atoms. The van der Waals surface area contributed by atoms with E-state index in [9.17, 15) is 4.79 Å². The smallest absolute Gasteiger partial charge is 0.339 e. The van der Waals surface area contributed by atoms with Gasteiger partial charge in [-0.05, 0) is 13.0 Å². The Morgan fingerprint density at radius 1 is 1.44 bits per heavy atom. The average molecular weight is 218 g/mol.